The molecule has 1 atom stereocenters. The number of anilines is 1. The fraction of sp³-hybridized carbons (Fsp3) is 0.385. The second-order valence-corrected chi connectivity index (χ2v) is 9.78. The van der Waals surface area contributed by atoms with Crippen molar-refractivity contribution in [2.24, 2.45) is 5.16 Å². The molecule has 3 aromatic rings. The van der Waals surface area contributed by atoms with Crippen LogP contribution in [0.15, 0.2) is 35.5 Å². The predicted molar refractivity (Wildman–Crippen MR) is 140 cm³/mol. The average Bonchev–Trinajstić information content (AvgIpc) is 3.52. The lowest BCUT2D eigenvalue weighted by atomic mass is 9.86. The highest BCUT2D eigenvalue weighted by atomic mass is 35.5. The molecule has 1 unspecified atom stereocenters. The van der Waals surface area contributed by atoms with Crippen molar-refractivity contribution in [2.75, 3.05) is 11.4 Å². The summed E-state index contributed by atoms with van der Waals surface area (Å²) in [6.07, 6.45) is -4.98. The minimum absolute atomic E-state index is 0.00529. The summed E-state index contributed by atoms with van der Waals surface area (Å²) >= 11 is 11.5. The van der Waals surface area contributed by atoms with Gasteiger partial charge < -0.3 is 4.84 Å². The third-order valence-corrected chi connectivity index (χ3v) is 7.13. The molecule has 7 nitrogen and oxygen atoms in total. The summed E-state index contributed by atoms with van der Waals surface area (Å²) in [5.41, 5.74) is -2.20. The standard InChI is InChI=1S/C26H25Cl2F4N5O2/c1-5-21-33-24(34-37(21)7-3)36(6-2)23(38)17-9-8-15(10-14(17)4)20-13-25(39-35-20,26(30,31)32)16-11-18(27)22(29)19(28)12-16/h8-12H,5-7,13H2,1-4H3. The van der Waals surface area contributed by atoms with Crippen molar-refractivity contribution in [3.05, 3.63) is 74.3 Å². The number of aromatic nitrogens is 3. The zero-order valence-electron chi connectivity index (χ0n) is 21.5. The van der Waals surface area contributed by atoms with Gasteiger partial charge in [-0.2, -0.15) is 18.2 Å². The first-order valence-electron chi connectivity index (χ1n) is 12.2. The molecule has 1 aromatic heterocycles. The van der Waals surface area contributed by atoms with Crippen LogP contribution in [0.2, 0.25) is 10.0 Å². The van der Waals surface area contributed by atoms with Crippen molar-refractivity contribution in [1.29, 1.82) is 0 Å². The maximum absolute atomic E-state index is 14.3. The second-order valence-electron chi connectivity index (χ2n) is 8.96. The number of hydrogen-bond acceptors (Lipinski definition) is 5. The van der Waals surface area contributed by atoms with Gasteiger partial charge in [0.15, 0.2) is 5.82 Å². The molecule has 0 radical (unpaired) electrons. The fourth-order valence-electron chi connectivity index (χ4n) is 4.44. The Morgan fingerprint density at radius 3 is 2.33 bits per heavy atom. The van der Waals surface area contributed by atoms with Crippen LogP contribution in [0.1, 0.15) is 60.1 Å². The Bertz CT molecular complexity index is 1410. The number of carbonyl (C=O) groups excluding carboxylic acids is 1. The Morgan fingerprint density at radius 1 is 1.15 bits per heavy atom. The molecular weight excluding hydrogens is 561 g/mol. The van der Waals surface area contributed by atoms with E-state index in [-0.39, 0.29) is 17.6 Å². The number of nitrogens with zero attached hydrogens (tertiary/aromatic N) is 5. The van der Waals surface area contributed by atoms with Crippen molar-refractivity contribution in [3.63, 3.8) is 0 Å². The summed E-state index contributed by atoms with van der Waals surface area (Å²) in [7, 11) is 0. The summed E-state index contributed by atoms with van der Waals surface area (Å²) in [5.74, 6) is -0.341. The molecule has 1 aliphatic heterocycles. The molecule has 0 aliphatic carbocycles. The van der Waals surface area contributed by atoms with Gasteiger partial charge in [0.25, 0.3) is 17.5 Å². The summed E-state index contributed by atoms with van der Waals surface area (Å²) in [6, 6.07) is 6.26. The van der Waals surface area contributed by atoms with Gasteiger partial charge in [0, 0.05) is 37.1 Å². The maximum Gasteiger partial charge on any atom is 0.435 e. The maximum atomic E-state index is 14.3. The molecule has 0 bridgehead atoms. The molecular formula is C26H25Cl2F4N5O2. The SMILES string of the molecule is CCc1nc(N(CC)C(=O)c2ccc(C3=NOC(c4cc(Cl)c(F)c(Cl)c4)(C(F)(F)F)C3)cc2C)nn1CC. The molecule has 0 saturated heterocycles. The summed E-state index contributed by atoms with van der Waals surface area (Å²) < 4.78 is 58.6. The second kappa shape index (κ2) is 10.8. The van der Waals surface area contributed by atoms with Gasteiger partial charge in [-0.1, -0.05) is 41.3 Å². The fourth-order valence-corrected chi connectivity index (χ4v) is 4.93. The van der Waals surface area contributed by atoms with Gasteiger partial charge in [-0.25, -0.2) is 9.07 Å². The van der Waals surface area contributed by atoms with Crippen molar-refractivity contribution >= 4 is 40.8 Å². The Kier molecular flexibility index (Phi) is 7.96. The molecule has 2 aromatic carbocycles. The largest absolute Gasteiger partial charge is 0.435 e. The lowest BCUT2D eigenvalue weighted by molar-refractivity contribution is -0.275. The van der Waals surface area contributed by atoms with E-state index >= 15 is 0 Å². The van der Waals surface area contributed by atoms with E-state index in [0.29, 0.717) is 36.2 Å². The molecule has 1 amide bonds. The van der Waals surface area contributed by atoms with E-state index in [2.05, 4.69) is 15.2 Å². The number of halogens is 6. The zero-order valence-corrected chi connectivity index (χ0v) is 23.0. The van der Waals surface area contributed by atoms with E-state index in [9.17, 15) is 22.4 Å². The van der Waals surface area contributed by atoms with Gasteiger partial charge in [0.05, 0.1) is 15.8 Å². The number of alkyl halides is 3. The van der Waals surface area contributed by atoms with Gasteiger partial charge in [0.1, 0.15) is 5.82 Å². The molecule has 208 valence electrons. The Labute approximate surface area is 232 Å². The Balaban J connectivity index is 1.64. The van der Waals surface area contributed by atoms with Crippen molar-refractivity contribution in [3.8, 4) is 0 Å². The van der Waals surface area contributed by atoms with Crippen LogP contribution in [0, 0.1) is 12.7 Å². The van der Waals surface area contributed by atoms with Gasteiger partial charge in [-0.3, -0.25) is 9.69 Å². The topological polar surface area (TPSA) is 72.6 Å². The van der Waals surface area contributed by atoms with Crippen LogP contribution in [0.5, 0.6) is 0 Å². The predicted octanol–water partition coefficient (Wildman–Crippen LogP) is 6.86. The highest BCUT2D eigenvalue weighted by molar-refractivity contribution is 6.35. The molecule has 39 heavy (non-hydrogen) atoms. The monoisotopic (exact) mass is 585 g/mol. The van der Waals surface area contributed by atoms with E-state index in [1.807, 2.05) is 13.8 Å². The lowest BCUT2D eigenvalue weighted by Gasteiger charge is -2.29. The van der Waals surface area contributed by atoms with Gasteiger partial charge in [-0.15, -0.1) is 5.10 Å². The minimum atomic E-state index is -4.93. The van der Waals surface area contributed by atoms with E-state index in [1.54, 1.807) is 24.6 Å². The third-order valence-electron chi connectivity index (χ3n) is 6.58. The molecule has 0 spiro atoms. The number of rotatable bonds is 7. The molecule has 1 aliphatic rings. The first-order valence-corrected chi connectivity index (χ1v) is 13.0. The molecule has 0 N–H and O–H groups in total. The van der Waals surface area contributed by atoms with Gasteiger partial charge in [0.2, 0.25) is 0 Å². The van der Waals surface area contributed by atoms with Crippen LogP contribution in [0.25, 0.3) is 0 Å². The van der Waals surface area contributed by atoms with E-state index in [1.165, 1.54) is 17.0 Å². The number of carbonyl (C=O) groups is 1. The van der Waals surface area contributed by atoms with Crippen molar-refractivity contribution in [1.82, 2.24) is 14.8 Å². The highest BCUT2D eigenvalue weighted by Crippen LogP contribution is 2.50. The number of oxime groups is 1. The van der Waals surface area contributed by atoms with Crippen molar-refractivity contribution < 1.29 is 27.2 Å². The Hall–Kier alpha value is -3.18. The zero-order chi connectivity index (χ0) is 28.7. The van der Waals surface area contributed by atoms with E-state index in [0.717, 1.165) is 18.0 Å². The highest BCUT2D eigenvalue weighted by Gasteiger charge is 2.62. The summed E-state index contributed by atoms with van der Waals surface area (Å²) in [6.45, 7) is 8.27. The Morgan fingerprint density at radius 2 is 1.82 bits per heavy atom. The van der Waals surface area contributed by atoms with Gasteiger partial charge >= 0.3 is 6.18 Å². The van der Waals surface area contributed by atoms with E-state index in [4.69, 9.17) is 28.0 Å². The molecule has 13 heteroatoms. The molecule has 0 fully saturated rings. The summed E-state index contributed by atoms with van der Waals surface area (Å²) in [4.78, 5) is 24.3. The molecule has 2 heterocycles. The number of hydrogen-bond donors (Lipinski definition) is 0. The first-order chi connectivity index (χ1) is 18.4. The number of aryl methyl sites for hydroxylation is 3. The summed E-state index contributed by atoms with van der Waals surface area (Å²) in [5, 5.41) is 7.03. The lowest BCUT2D eigenvalue weighted by Crippen LogP contribution is -2.42. The normalized spacial score (nSPS) is 17.2. The van der Waals surface area contributed by atoms with Crippen LogP contribution in [-0.2, 0) is 23.4 Å². The van der Waals surface area contributed by atoms with E-state index < -0.39 is 39.6 Å². The van der Waals surface area contributed by atoms with Crippen LogP contribution in [0.4, 0.5) is 23.5 Å². The quantitative estimate of drug-likeness (QED) is 0.224. The van der Waals surface area contributed by atoms with Crippen LogP contribution >= 0.6 is 23.2 Å². The third kappa shape index (κ3) is 5.09. The van der Waals surface area contributed by atoms with Crippen LogP contribution in [0.3, 0.4) is 0 Å². The molecule has 0 saturated carbocycles. The van der Waals surface area contributed by atoms with Crippen LogP contribution in [-0.4, -0.2) is 39.1 Å². The first kappa shape index (κ1) is 28.8. The number of amides is 1. The molecule has 4 rings (SSSR count). The van der Waals surface area contributed by atoms with Crippen LogP contribution < -0.4 is 4.90 Å². The minimum Gasteiger partial charge on any atom is -0.374 e. The van der Waals surface area contributed by atoms with Crippen molar-refractivity contribution in [2.45, 2.75) is 58.9 Å². The number of benzene rings is 2. The average molecular weight is 586 g/mol. The van der Waals surface area contributed by atoms with Gasteiger partial charge in [-0.05, 0) is 56.2 Å². The smallest absolute Gasteiger partial charge is 0.374 e.